The van der Waals surface area contributed by atoms with Gasteiger partial charge in [-0.25, -0.2) is 0 Å². The molecule has 0 heterocycles. The molecule has 23 heavy (non-hydrogen) atoms. The number of benzene rings is 2. The van der Waals surface area contributed by atoms with Crippen molar-refractivity contribution in [3.05, 3.63) is 58.6 Å². The molecule has 0 bridgehead atoms. The van der Waals surface area contributed by atoms with Crippen LogP contribution in [-0.4, -0.2) is 18.4 Å². The molecule has 116 valence electrons. The first kappa shape index (κ1) is 16.7. The summed E-state index contributed by atoms with van der Waals surface area (Å²) in [5, 5.41) is 11.5. The molecule has 0 aliphatic carbocycles. The largest absolute Gasteiger partial charge is 0.325 e. The second-order valence-electron chi connectivity index (χ2n) is 4.82. The molecule has 5 nitrogen and oxygen atoms in total. The van der Waals surface area contributed by atoms with Crippen molar-refractivity contribution in [3.63, 3.8) is 0 Å². The van der Waals surface area contributed by atoms with E-state index >= 15 is 0 Å². The molecule has 1 N–H and O–H groups in total. The number of halogens is 1. The minimum atomic E-state index is -0.312. The molecule has 2 rings (SSSR count). The Labute approximate surface area is 142 Å². The number of nitriles is 1. The normalized spacial score (nSPS) is 9.78. The van der Waals surface area contributed by atoms with E-state index in [4.69, 9.17) is 5.26 Å². The van der Waals surface area contributed by atoms with Crippen LogP contribution in [0.1, 0.15) is 12.5 Å². The third-order valence-electron chi connectivity index (χ3n) is 3.12. The minimum absolute atomic E-state index is 0.0863. The maximum absolute atomic E-state index is 12.1. The predicted molar refractivity (Wildman–Crippen MR) is 92.0 cm³/mol. The van der Waals surface area contributed by atoms with E-state index in [0.29, 0.717) is 16.9 Å². The lowest BCUT2D eigenvalue weighted by atomic mass is 10.2. The average molecular weight is 372 g/mol. The number of nitrogens with zero attached hydrogens (tertiary/aromatic N) is 2. The summed E-state index contributed by atoms with van der Waals surface area (Å²) in [7, 11) is 0. The van der Waals surface area contributed by atoms with Crippen molar-refractivity contribution in [2.75, 3.05) is 16.8 Å². The molecule has 2 aromatic carbocycles. The van der Waals surface area contributed by atoms with Crippen LogP contribution in [0.3, 0.4) is 0 Å². The van der Waals surface area contributed by atoms with Gasteiger partial charge in [0.2, 0.25) is 11.8 Å². The maximum Gasteiger partial charge on any atom is 0.244 e. The van der Waals surface area contributed by atoms with Crippen LogP contribution in [0, 0.1) is 11.3 Å². The van der Waals surface area contributed by atoms with Gasteiger partial charge in [-0.2, -0.15) is 5.26 Å². The second-order valence-corrected chi connectivity index (χ2v) is 5.73. The summed E-state index contributed by atoms with van der Waals surface area (Å²) < 4.78 is 0.895. The van der Waals surface area contributed by atoms with Crippen LogP contribution in [0.5, 0.6) is 0 Å². The van der Waals surface area contributed by atoms with E-state index in [1.807, 2.05) is 18.2 Å². The van der Waals surface area contributed by atoms with Crippen molar-refractivity contribution in [3.8, 4) is 6.07 Å². The van der Waals surface area contributed by atoms with Gasteiger partial charge >= 0.3 is 0 Å². The lowest BCUT2D eigenvalue weighted by Crippen LogP contribution is -2.36. The Morgan fingerprint density at radius 1 is 1.13 bits per heavy atom. The van der Waals surface area contributed by atoms with Gasteiger partial charge in [0.05, 0.1) is 11.6 Å². The van der Waals surface area contributed by atoms with Crippen LogP contribution < -0.4 is 10.2 Å². The third kappa shape index (κ3) is 4.66. The molecule has 0 spiro atoms. The Kier molecular flexibility index (Phi) is 5.50. The fourth-order valence-electron chi connectivity index (χ4n) is 1.98. The first-order valence-electron chi connectivity index (χ1n) is 6.83. The van der Waals surface area contributed by atoms with E-state index < -0.39 is 0 Å². The topological polar surface area (TPSA) is 73.2 Å². The number of carbonyl (C=O) groups is 2. The van der Waals surface area contributed by atoms with E-state index in [0.717, 1.165) is 4.47 Å². The molecule has 6 heteroatoms. The molecular weight excluding hydrogens is 358 g/mol. The van der Waals surface area contributed by atoms with Gasteiger partial charge in [-0.1, -0.05) is 15.9 Å². The number of anilines is 2. The van der Waals surface area contributed by atoms with Crippen LogP contribution in [0.15, 0.2) is 53.0 Å². The van der Waals surface area contributed by atoms with Crippen molar-refractivity contribution >= 4 is 39.1 Å². The summed E-state index contributed by atoms with van der Waals surface area (Å²) in [6.07, 6.45) is 0. The van der Waals surface area contributed by atoms with Crippen LogP contribution in [-0.2, 0) is 9.59 Å². The van der Waals surface area contributed by atoms with Crippen molar-refractivity contribution in [1.29, 1.82) is 5.26 Å². The van der Waals surface area contributed by atoms with Gasteiger partial charge in [0.1, 0.15) is 6.54 Å². The number of hydrogen-bond acceptors (Lipinski definition) is 3. The highest BCUT2D eigenvalue weighted by molar-refractivity contribution is 9.10. The highest BCUT2D eigenvalue weighted by Gasteiger charge is 2.15. The monoisotopic (exact) mass is 371 g/mol. The lowest BCUT2D eigenvalue weighted by Gasteiger charge is -2.20. The van der Waals surface area contributed by atoms with Crippen LogP contribution in [0.4, 0.5) is 11.4 Å². The zero-order chi connectivity index (χ0) is 16.8. The third-order valence-corrected chi connectivity index (χ3v) is 3.65. The lowest BCUT2D eigenvalue weighted by molar-refractivity contribution is -0.120. The molecule has 0 unspecified atom stereocenters. The van der Waals surface area contributed by atoms with Crippen molar-refractivity contribution in [2.45, 2.75) is 6.92 Å². The van der Waals surface area contributed by atoms with Crippen molar-refractivity contribution in [1.82, 2.24) is 0 Å². The maximum atomic E-state index is 12.1. The number of rotatable bonds is 4. The fraction of sp³-hybridized carbons (Fsp3) is 0.118. The van der Waals surface area contributed by atoms with Crippen LogP contribution >= 0.6 is 15.9 Å². The van der Waals surface area contributed by atoms with E-state index in [-0.39, 0.29) is 18.4 Å². The first-order valence-corrected chi connectivity index (χ1v) is 7.62. The van der Waals surface area contributed by atoms with Gasteiger partial charge in [-0.15, -0.1) is 0 Å². The zero-order valence-electron chi connectivity index (χ0n) is 12.4. The van der Waals surface area contributed by atoms with Gasteiger partial charge in [0.25, 0.3) is 0 Å². The van der Waals surface area contributed by atoms with Gasteiger partial charge in [-0.05, 0) is 48.5 Å². The minimum Gasteiger partial charge on any atom is -0.325 e. The smallest absolute Gasteiger partial charge is 0.244 e. The van der Waals surface area contributed by atoms with E-state index in [1.165, 1.54) is 11.8 Å². The Morgan fingerprint density at radius 3 is 2.26 bits per heavy atom. The molecule has 0 aromatic heterocycles. The number of carbonyl (C=O) groups excluding carboxylic acids is 2. The molecule has 0 atom stereocenters. The van der Waals surface area contributed by atoms with Crippen molar-refractivity contribution < 1.29 is 9.59 Å². The van der Waals surface area contributed by atoms with Crippen LogP contribution in [0.25, 0.3) is 0 Å². The fourth-order valence-corrected chi connectivity index (χ4v) is 2.24. The predicted octanol–water partition coefficient (Wildman–Crippen LogP) is 3.31. The number of amides is 2. The molecule has 2 amide bonds. The van der Waals surface area contributed by atoms with Gasteiger partial charge in [-0.3, -0.25) is 9.59 Å². The first-order chi connectivity index (χ1) is 11.0. The molecule has 2 aromatic rings. The average Bonchev–Trinajstić information content (AvgIpc) is 2.54. The van der Waals surface area contributed by atoms with E-state index in [1.54, 1.807) is 36.4 Å². The molecule has 0 radical (unpaired) electrons. The quantitative estimate of drug-likeness (QED) is 0.895. The molecule has 0 aliphatic heterocycles. The summed E-state index contributed by atoms with van der Waals surface area (Å²) in [4.78, 5) is 25.3. The zero-order valence-corrected chi connectivity index (χ0v) is 14.0. The second kappa shape index (κ2) is 7.56. The molecule has 0 fully saturated rings. The highest BCUT2D eigenvalue weighted by atomic mass is 79.9. The SMILES string of the molecule is CC(=O)N(CC(=O)Nc1ccc(C#N)cc1)c1ccc(Br)cc1. The standard InChI is InChI=1S/C17H14BrN3O2/c1-12(22)21(16-8-4-14(18)5-9-16)11-17(23)20-15-6-2-13(10-19)3-7-15/h2-9H,11H2,1H3,(H,20,23). The number of nitrogens with one attached hydrogen (secondary N) is 1. The Bertz CT molecular complexity index is 749. The van der Waals surface area contributed by atoms with E-state index in [2.05, 4.69) is 21.2 Å². The Balaban J connectivity index is 2.07. The highest BCUT2D eigenvalue weighted by Crippen LogP contribution is 2.19. The number of hydrogen-bond donors (Lipinski definition) is 1. The Hall–Kier alpha value is -2.65. The van der Waals surface area contributed by atoms with Crippen LogP contribution in [0.2, 0.25) is 0 Å². The van der Waals surface area contributed by atoms with Gasteiger partial charge in [0, 0.05) is 22.8 Å². The van der Waals surface area contributed by atoms with Gasteiger partial charge in [0.15, 0.2) is 0 Å². The summed E-state index contributed by atoms with van der Waals surface area (Å²) in [6, 6.07) is 15.7. The summed E-state index contributed by atoms with van der Waals surface area (Å²) in [5.41, 5.74) is 1.74. The molecular formula is C17H14BrN3O2. The summed E-state index contributed by atoms with van der Waals surface area (Å²) in [6.45, 7) is 1.33. The Morgan fingerprint density at radius 2 is 1.74 bits per heavy atom. The molecule has 0 saturated heterocycles. The van der Waals surface area contributed by atoms with Crippen molar-refractivity contribution in [2.24, 2.45) is 0 Å². The summed E-state index contributed by atoms with van der Waals surface area (Å²) in [5.74, 6) is -0.532. The molecule has 0 saturated carbocycles. The van der Waals surface area contributed by atoms with E-state index in [9.17, 15) is 9.59 Å². The molecule has 0 aliphatic rings. The van der Waals surface area contributed by atoms with Gasteiger partial charge < -0.3 is 10.2 Å². The summed E-state index contributed by atoms with van der Waals surface area (Å²) >= 11 is 3.33.